The minimum absolute atomic E-state index is 0.341. The molecule has 0 aliphatic heterocycles. The summed E-state index contributed by atoms with van der Waals surface area (Å²) in [6.45, 7) is 5.38. The predicted octanol–water partition coefficient (Wildman–Crippen LogP) is 4.27. The maximum Gasteiger partial charge on any atom is 0.279 e. The summed E-state index contributed by atoms with van der Waals surface area (Å²) in [6, 6.07) is 11.0. The van der Waals surface area contributed by atoms with Gasteiger partial charge in [-0.3, -0.25) is 4.79 Å². The van der Waals surface area contributed by atoms with Crippen LogP contribution in [0.5, 0.6) is 17.2 Å². The first-order valence-corrected chi connectivity index (χ1v) is 10.00. The highest BCUT2D eigenvalue weighted by atomic mass is 32.1. The summed E-state index contributed by atoms with van der Waals surface area (Å²) < 4.78 is 19.4. The smallest absolute Gasteiger partial charge is 0.279 e. The molecule has 0 saturated heterocycles. The van der Waals surface area contributed by atoms with E-state index < -0.39 is 0 Å². The fourth-order valence-electron chi connectivity index (χ4n) is 2.97. The van der Waals surface area contributed by atoms with E-state index in [0.717, 1.165) is 28.9 Å². The number of carbonyl (C=O) groups is 1. The van der Waals surface area contributed by atoms with Crippen molar-refractivity contribution in [2.75, 3.05) is 20.8 Å². The van der Waals surface area contributed by atoms with Crippen LogP contribution in [0.3, 0.4) is 0 Å². The van der Waals surface area contributed by atoms with E-state index in [2.05, 4.69) is 16.5 Å². The van der Waals surface area contributed by atoms with Gasteiger partial charge in [0.15, 0.2) is 4.80 Å². The molecule has 3 aromatic rings. The van der Waals surface area contributed by atoms with E-state index in [1.165, 1.54) is 11.3 Å². The van der Waals surface area contributed by atoms with Crippen molar-refractivity contribution in [2.24, 2.45) is 4.99 Å². The lowest BCUT2D eigenvalue weighted by Gasteiger charge is -2.09. The van der Waals surface area contributed by atoms with E-state index in [-0.39, 0.29) is 5.91 Å². The number of benzene rings is 2. The molecule has 3 rings (SSSR count). The molecule has 0 atom stereocenters. The van der Waals surface area contributed by atoms with Crippen LogP contribution in [0.1, 0.15) is 30.6 Å². The van der Waals surface area contributed by atoms with Crippen molar-refractivity contribution in [1.82, 2.24) is 4.57 Å². The predicted molar refractivity (Wildman–Crippen MR) is 111 cm³/mol. The van der Waals surface area contributed by atoms with Gasteiger partial charge in [0.05, 0.1) is 25.5 Å². The summed E-state index contributed by atoms with van der Waals surface area (Å²) in [6.07, 6.45) is 0.917. The first-order valence-electron chi connectivity index (χ1n) is 9.18. The van der Waals surface area contributed by atoms with Gasteiger partial charge < -0.3 is 18.8 Å². The normalized spacial score (nSPS) is 11.6. The van der Waals surface area contributed by atoms with Gasteiger partial charge in [-0.2, -0.15) is 4.99 Å². The molecule has 1 amide bonds. The minimum Gasteiger partial charge on any atom is -0.497 e. The number of aryl methyl sites for hydroxylation is 1. The van der Waals surface area contributed by atoms with Gasteiger partial charge in [0.25, 0.3) is 5.91 Å². The Morgan fingerprint density at radius 2 is 1.82 bits per heavy atom. The average Bonchev–Trinajstić information content (AvgIpc) is 3.06. The molecule has 7 heteroatoms. The number of carbonyl (C=O) groups excluding carboxylic acids is 1. The van der Waals surface area contributed by atoms with Crippen LogP contribution in [0.2, 0.25) is 0 Å². The number of thiazole rings is 1. The maximum absolute atomic E-state index is 12.9. The van der Waals surface area contributed by atoms with E-state index in [4.69, 9.17) is 14.2 Å². The Morgan fingerprint density at radius 1 is 1.11 bits per heavy atom. The molecule has 0 N–H and O–H groups in total. The van der Waals surface area contributed by atoms with Crippen molar-refractivity contribution in [3.05, 3.63) is 46.8 Å². The van der Waals surface area contributed by atoms with Gasteiger partial charge >= 0.3 is 0 Å². The number of hydrogen-bond donors (Lipinski definition) is 0. The number of amides is 1. The Kier molecular flexibility index (Phi) is 6.36. The van der Waals surface area contributed by atoms with Gasteiger partial charge in [-0.1, -0.05) is 24.3 Å². The van der Waals surface area contributed by atoms with Crippen LogP contribution in [0.25, 0.3) is 10.2 Å². The van der Waals surface area contributed by atoms with E-state index in [0.29, 0.717) is 28.5 Å². The van der Waals surface area contributed by atoms with Gasteiger partial charge in [-0.25, -0.2) is 0 Å². The summed E-state index contributed by atoms with van der Waals surface area (Å²) in [7, 11) is 3.10. The monoisotopic (exact) mass is 400 g/mol. The van der Waals surface area contributed by atoms with Crippen molar-refractivity contribution in [3.63, 3.8) is 0 Å². The second-order valence-corrected chi connectivity index (χ2v) is 7.10. The maximum atomic E-state index is 12.9. The van der Waals surface area contributed by atoms with Crippen LogP contribution < -0.4 is 19.0 Å². The Morgan fingerprint density at radius 3 is 2.43 bits per heavy atom. The number of rotatable bonds is 7. The van der Waals surface area contributed by atoms with E-state index in [1.54, 1.807) is 32.4 Å². The molecule has 6 nitrogen and oxygen atoms in total. The zero-order chi connectivity index (χ0) is 20.1. The lowest BCUT2D eigenvalue weighted by molar-refractivity contribution is 0.0997. The van der Waals surface area contributed by atoms with Crippen LogP contribution in [0.4, 0.5) is 0 Å². The Labute approximate surface area is 168 Å². The third kappa shape index (κ3) is 4.04. The SMILES string of the molecule is CCCn1c(=NC(=O)c2cc(OC)cc(OC)c2)sc2cccc(OCC)c21. The summed E-state index contributed by atoms with van der Waals surface area (Å²) in [4.78, 5) is 17.9. The average molecular weight is 401 g/mol. The van der Waals surface area contributed by atoms with Crippen LogP contribution in [0, 0.1) is 0 Å². The molecule has 0 saturated carbocycles. The molecule has 1 heterocycles. The summed E-state index contributed by atoms with van der Waals surface area (Å²) >= 11 is 1.48. The van der Waals surface area contributed by atoms with Crippen LogP contribution in [0.15, 0.2) is 41.4 Å². The van der Waals surface area contributed by atoms with Gasteiger partial charge in [-0.15, -0.1) is 0 Å². The van der Waals surface area contributed by atoms with Crippen molar-refractivity contribution in [3.8, 4) is 17.2 Å². The Balaban J connectivity index is 2.14. The van der Waals surface area contributed by atoms with Gasteiger partial charge in [0.1, 0.15) is 22.8 Å². The molecule has 0 bridgehead atoms. The van der Waals surface area contributed by atoms with Crippen molar-refractivity contribution >= 4 is 27.5 Å². The Hall–Kier alpha value is -2.80. The second kappa shape index (κ2) is 8.93. The second-order valence-electron chi connectivity index (χ2n) is 6.09. The molecule has 148 valence electrons. The molecule has 1 aromatic heterocycles. The first-order chi connectivity index (χ1) is 13.6. The first kappa shape index (κ1) is 19.9. The van der Waals surface area contributed by atoms with E-state index in [1.807, 2.05) is 25.1 Å². The molecule has 2 aromatic carbocycles. The lowest BCUT2D eigenvalue weighted by Crippen LogP contribution is -2.17. The number of fused-ring (bicyclic) bond motifs is 1. The zero-order valence-corrected chi connectivity index (χ0v) is 17.3. The number of ether oxygens (including phenoxy) is 3. The minimum atomic E-state index is -0.341. The molecule has 0 fully saturated rings. The summed E-state index contributed by atoms with van der Waals surface area (Å²) in [5, 5.41) is 0. The standard InChI is InChI=1S/C21H24N2O4S/c1-5-10-23-19-17(27-6-2)8-7-9-18(19)28-21(23)22-20(24)14-11-15(25-3)13-16(12-14)26-4/h7-9,11-13H,5-6,10H2,1-4H3. The highest BCUT2D eigenvalue weighted by Crippen LogP contribution is 2.28. The molecule has 0 aliphatic carbocycles. The fraction of sp³-hybridized carbons (Fsp3) is 0.333. The molecule has 28 heavy (non-hydrogen) atoms. The van der Waals surface area contributed by atoms with Crippen LogP contribution >= 0.6 is 11.3 Å². The van der Waals surface area contributed by atoms with Crippen molar-refractivity contribution < 1.29 is 19.0 Å². The highest BCUT2D eigenvalue weighted by molar-refractivity contribution is 7.16. The number of para-hydroxylation sites is 1. The molecular weight excluding hydrogens is 376 g/mol. The number of nitrogens with zero attached hydrogens (tertiary/aromatic N) is 2. The number of methoxy groups -OCH3 is 2. The number of hydrogen-bond acceptors (Lipinski definition) is 5. The van der Waals surface area contributed by atoms with E-state index in [9.17, 15) is 4.79 Å². The highest BCUT2D eigenvalue weighted by Gasteiger charge is 2.14. The summed E-state index contributed by atoms with van der Waals surface area (Å²) in [5.74, 6) is 1.57. The molecular formula is C21H24N2O4S. The largest absolute Gasteiger partial charge is 0.497 e. The lowest BCUT2D eigenvalue weighted by atomic mass is 10.2. The zero-order valence-electron chi connectivity index (χ0n) is 16.5. The van der Waals surface area contributed by atoms with Crippen molar-refractivity contribution in [2.45, 2.75) is 26.8 Å². The summed E-state index contributed by atoms with van der Waals surface area (Å²) in [5.41, 5.74) is 1.40. The molecule has 0 spiro atoms. The number of aromatic nitrogens is 1. The quantitative estimate of drug-likeness (QED) is 0.594. The third-order valence-electron chi connectivity index (χ3n) is 4.21. The molecule has 0 aliphatic rings. The fourth-order valence-corrected chi connectivity index (χ4v) is 4.04. The van der Waals surface area contributed by atoms with Gasteiger partial charge in [0.2, 0.25) is 0 Å². The molecule has 0 unspecified atom stereocenters. The third-order valence-corrected chi connectivity index (χ3v) is 5.25. The van der Waals surface area contributed by atoms with Gasteiger partial charge in [0, 0.05) is 18.2 Å². The Bertz CT molecular complexity index is 1030. The molecule has 0 radical (unpaired) electrons. The van der Waals surface area contributed by atoms with Crippen LogP contribution in [-0.2, 0) is 6.54 Å². The van der Waals surface area contributed by atoms with Crippen LogP contribution in [-0.4, -0.2) is 31.3 Å². The van der Waals surface area contributed by atoms with Gasteiger partial charge in [-0.05, 0) is 37.6 Å². The van der Waals surface area contributed by atoms with Crippen molar-refractivity contribution in [1.29, 1.82) is 0 Å². The van der Waals surface area contributed by atoms with E-state index >= 15 is 0 Å². The topological polar surface area (TPSA) is 62.1 Å².